The van der Waals surface area contributed by atoms with Gasteiger partial charge in [-0.15, -0.1) is 0 Å². The molecule has 0 aromatic heterocycles. The van der Waals surface area contributed by atoms with Crippen molar-refractivity contribution in [1.82, 2.24) is 10.2 Å². The van der Waals surface area contributed by atoms with Crippen molar-refractivity contribution in [1.29, 1.82) is 0 Å². The van der Waals surface area contributed by atoms with Crippen LogP contribution in [0.3, 0.4) is 0 Å². The summed E-state index contributed by atoms with van der Waals surface area (Å²) in [6.45, 7) is 2.26. The van der Waals surface area contributed by atoms with E-state index in [-0.39, 0.29) is 11.8 Å². The first kappa shape index (κ1) is 20.9. The van der Waals surface area contributed by atoms with Gasteiger partial charge in [-0.1, -0.05) is 35.9 Å². The summed E-state index contributed by atoms with van der Waals surface area (Å²) >= 11 is 5.97. The highest BCUT2D eigenvalue weighted by atomic mass is 35.5. The zero-order valence-corrected chi connectivity index (χ0v) is 16.0. The quantitative estimate of drug-likeness (QED) is 0.658. The van der Waals surface area contributed by atoms with E-state index in [1.54, 1.807) is 12.1 Å². The third-order valence-corrected chi connectivity index (χ3v) is 5.16. The lowest BCUT2D eigenvalue weighted by Crippen LogP contribution is -2.36. The van der Waals surface area contributed by atoms with Gasteiger partial charge in [0.25, 0.3) is 0 Å². The number of alkyl halides is 4. The summed E-state index contributed by atoms with van der Waals surface area (Å²) in [6.07, 6.45) is -8.38. The predicted octanol–water partition coefficient (Wildman–Crippen LogP) is 4.76. The molecular weight excluding hydrogens is 396 g/mol. The largest absolute Gasteiger partial charge is 0.461 e. The smallest absolute Gasteiger partial charge is 0.428 e. The lowest BCUT2D eigenvalue weighted by atomic mass is 9.93. The van der Waals surface area contributed by atoms with Crippen LogP contribution < -0.4 is 10.1 Å². The Bertz CT molecular complexity index is 771. The molecule has 0 unspecified atom stereocenters. The Morgan fingerprint density at radius 3 is 2.36 bits per heavy atom. The van der Waals surface area contributed by atoms with Crippen LogP contribution in [0.4, 0.5) is 17.6 Å². The standard InChI is InChI=1S/C20H21ClF4N2O/c1-27(18-11-26-10-17(18)14-4-6-15(21)7-5-14)12-13-2-8-16(9-3-13)28-20(24,25)19(22)23/h2-9,17-19,26H,10-12H2,1H3/t17-,18+/m1/s1. The van der Waals surface area contributed by atoms with Crippen molar-refractivity contribution in [3.63, 3.8) is 0 Å². The van der Waals surface area contributed by atoms with Gasteiger partial charge in [0, 0.05) is 36.6 Å². The average molecular weight is 417 g/mol. The van der Waals surface area contributed by atoms with E-state index in [0.717, 1.165) is 18.7 Å². The van der Waals surface area contributed by atoms with Crippen LogP contribution in [0.2, 0.25) is 5.02 Å². The van der Waals surface area contributed by atoms with Gasteiger partial charge in [-0.25, -0.2) is 0 Å². The van der Waals surface area contributed by atoms with Crippen molar-refractivity contribution in [2.45, 2.75) is 31.0 Å². The third kappa shape index (κ3) is 4.96. The highest BCUT2D eigenvalue weighted by Crippen LogP contribution is 2.30. The van der Waals surface area contributed by atoms with Crippen LogP contribution in [0.15, 0.2) is 48.5 Å². The summed E-state index contributed by atoms with van der Waals surface area (Å²) in [5.41, 5.74) is 2.07. The lowest BCUT2D eigenvalue weighted by Gasteiger charge is -2.29. The van der Waals surface area contributed by atoms with Crippen molar-refractivity contribution in [2.75, 3.05) is 20.1 Å². The Labute approximate surface area is 166 Å². The van der Waals surface area contributed by atoms with E-state index in [1.807, 2.05) is 31.3 Å². The van der Waals surface area contributed by atoms with E-state index >= 15 is 0 Å². The molecule has 2 aromatic rings. The number of rotatable bonds is 7. The van der Waals surface area contributed by atoms with Gasteiger partial charge in [-0.3, -0.25) is 4.90 Å². The maximum Gasteiger partial charge on any atom is 0.461 e. The molecule has 1 saturated heterocycles. The molecule has 0 radical (unpaired) electrons. The van der Waals surface area contributed by atoms with Gasteiger partial charge in [0.2, 0.25) is 0 Å². The zero-order valence-electron chi connectivity index (χ0n) is 15.2. The molecule has 152 valence electrons. The first-order chi connectivity index (χ1) is 13.3. The fraction of sp³-hybridized carbons (Fsp3) is 0.400. The molecule has 0 aliphatic carbocycles. The van der Waals surface area contributed by atoms with Crippen LogP contribution >= 0.6 is 11.6 Å². The van der Waals surface area contributed by atoms with E-state index < -0.39 is 12.5 Å². The van der Waals surface area contributed by atoms with Crippen molar-refractivity contribution < 1.29 is 22.3 Å². The molecule has 0 bridgehead atoms. The maximum absolute atomic E-state index is 13.0. The molecule has 28 heavy (non-hydrogen) atoms. The summed E-state index contributed by atoms with van der Waals surface area (Å²) in [4.78, 5) is 2.18. The number of ether oxygens (including phenoxy) is 1. The highest BCUT2D eigenvalue weighted by molar-refractivity contribution is 6.30. The molecule has 1 fully saturated rings. The van der Waals surface area contributed by atoms with E-state index in [0.29, 0.717) is 17.5 Å². The first-order valence-corrected chi connectivity index (χ1v) is 9.24. The Kier molecular flexibility index (Phi) is 6.47. The normalized spacial score (nSPS) is 20.1. The van der Waals surface area contributed by atoms with Gasteiger partial charge in [0.1, 0.15) is 5.75 Å². The summed E-state index contributed by atoms with van der Waals surface area (Å²) in [5.74, 6) is 0.00730. The number of benzene rings is 2. The number of hydrogen-bond acceptors (Lipinski definition) is 3. The molecular formula is C20H21ClF4N2O. The molecule has 1 aliphatic heterocycles. The van der Waals surface area contributed by atoms with Crippen molar-refractivity contribution in [3.05, 3.63) is 64.7 Å². The maximum atomic E-state index is 13.0. The number of nitrogens with zero attached hydrogens (tertiary/aromatic N) is 1. The van der Waals surface area contributed by atoms with Crippen molar-refractivity contribution in [3.8, 4) is 5.75 Å². The lowest BCUT2D eigenvalue weighted by molar-refractivity contribution is -0.253. The second kappa shape index (κ2) is 8.68. The minimum Gasteiger partial charge on any atom is -0.428 e. The summed E-state index contributed by atoms with van der Waals surface area (Å²) in [6, 6.07) is 13.8. The van der Waals surface area contributed by atoms with Crippen LogP contribution in [0.5, 0.6) is 5.75 Å². The fourth-order valence-corrected chi connectivity index (χ4v) is 3.57. The summed E-state index contributed by atoms with van der Waals surface area (Å²) in [5, 5.41) is 4.09. The zero-order chi connectivity index (χ0) is 20.3. The minimum atomic E-state index is -4.50. The Morgan fingerprint density at radius 1 is 1.11 bits per heavy atom. The monoisotopic (exact) mass is 416 g/mol. The van der Waals surface area contributed by atoms with Crippen LogP contribution in [-0.4, -0.2) is 43.6 Å². The molecule has 8 heteroatoms. The first-order valence-electron chi connectivity index (χ1n) is 8.86. The van der Waals surface area contributed by atoms with E-state index in [2.05, 4.69) is 15.0 Å². The SMILES string of the molecule is CN(Cc1ccc(OC(F)(F)C(F)F)cc1)[C@H]1CNC[C@@H]1c1ccc(Cl)cc1. The second-order valence-corrected chi connectivity index (χ2v) is 7.34. The Balaban J connectivity index is 1.63. The molecule has 2 atom stereocenters. The summed E-state index contributed by atoms with van der Waals surface area (Å²) < 4.78 is 54.5. The van der Waals surface area contributed by atoms with Crippen molar-refractivity contribution >= 4 is 11.6 Å². The minimum absolute atomic E-state index is 0.250. The molecule has 3 rings (SSSR count). The van der Waals surface area contributed by atoms with Gasteiger partial charge in [-0.05, 0) is 42.4 Å². The van der Waals surface area contributed by atoms with E-state index in [4.69, 9.17) is 11.6 Å². The van der Waals surface area contributed by atoms with Gasteiger partial charge < -0.3 is 10.1 Å². The number of nitrogens with one attached hydrogen (secondary N) is 1. The fourth-order valence-electron chi connectivity index (χ4n) is 3.45. The van der Waals surface area contributed by atoms with E-state index in [9.17, 15) is 17.6 Å². The number of halogens is 5. The average Bonchev–Trinajstić information content (AvgIpc) is 3.13. The Morgan fingerprint density at radius 2 is 1.75 bits per heavy atom. The van der Waals surface area contributed by atoms with E-state index in [1.165, 1.54) is 17.7 Å². The van der Waals surface area contributed by atoms with Crippen LogP contribution in [0, 0.1) is 0 Å². The third-order valence-electron chi connectivity index (χ3n) is 4.91. The Hall–Kier alpha value is -1.83. The number of likely N-dealkylation sites (N-methyl/N-ethyl adjacent to an activating group) is 1. The topological polar surface area (TPSA) is 24.5 Å². The predicted molar refractivity (Wildman–Crippen MR) is 100 cm³/mol. The molecule has 1 heterocycles. The number of hydrogen-bond donors (Lipinski definition) is 1. The van der Waals surface area contributed by atoms with Crippen LogP contribution in [-0.2, 0) is 6.54 Å². The molecule has 2 aromatic carbocycles. The summed E-state index contributed by atoms with van der Waals surface area (Å²) in [7, 11) is 2.00. The molecule has 0 amide bonds. The molecule has 0 saturated carbocycles. The van der Waals surface area contributed by atoms with Gasteiger partial charge in [0.05, 0.1) is 0 Å². The molecule has 1 N–H and O–H groups in total. The van der Waals surface area contributed by atoms with Gasteiger partial charge in [0.15, 0.2) is 0 Å². The molecule has 3 nitrogen and oxygen atoms in total. The molecule has 0 spiro atoms. The van der Waals surface area contributed by atoms with Gasteiger partial charge in [-0.2, -0.15) is 17.6 Å². The van der Waals surface area contributed by atoms with Crippen LogP contribution in [0.1, 0.15) is 17.0 Å². The van der Waals surface area contributed by atoms with Gasteiger partial charge >= 0.3 is 12.5 Å². The highest BCUT2D eigenvalue weighted by Gasteiger charge is 2.43. The van der Waals surface area contributed by atoms with Crippen molar-refractivity contribution in [2.24, 2.45) is 0 Å². The second-order valence-electron chi connectivity index (χ2n) is 6.91. The van der Waals surface area contributed by atoms with Crippen LogP contribution in [0.25, 0.3) is 0 Å². The molecule has 1 aliphatic rings.